The van der Waals surface area contributed by atoms with Crippen molar-refractivity contribution in [3.05, 3.63) is 30.1 Å². The zero-order valence-electron chi connectivity index (χ0n) is 9.59. The molecule has 0 fully saturated rings. The maximum atomic E-state index is 8.59. The van der Waals surface area contributed by atoms with E-state index < -0.39 is 0 Å². The van der Waals surface area contributed by atoms with Crippen molar-refractivity contribution in [2.24, 2.45) is 0 Å². The molecule has 1 aromatic heterocycles. The summed E-state index contributed by atoms with van der Waals surface area (Å²) < 4.78 is 5.05. The van der Waals surface area contributed by atoms with E-state index in [4.69, 9.17) is 10.00 Å². The van der Waals surface area contributed by atoms with Gasteiger partial charge in [-0.2, -0.15) is 5.26 Å². The molecule has 0 amide bonds. The summed E-state index contributed by atoms with van der Waals surface area (Å²) in [6.07, 6.45) is 4.16. The Bertz CT molecular complexity index is 321. The van der Waals surface area contributed by atoms with E-state index in [0.29, 0.717) is 13.0 Å². The maximum Gasteiger partial charge on any atom is 0.0635 e. The fourth-order valence-corrected chi connectivity index (χ4v) is 1.45. The zero-order valence-corrected chi connectivity index (χ0v) is 9.59. The second-order valence-corrected chi connectivity index (χ2v) is 3.54. The molecule has 0 unspecified atom stereocenters. The Morgan fingerprint density at radius 1 is 1.50 bits per heavy atom. The van der Waals surface area contributed by atoms with Crippen LogP contribution in [0.25, 0.3) is 0 Å². The van der Waals surface area contributed by atoms with Gasteiger partial charge in [-0.15, -0.1) is 0 Å². The summed E-state index contributed by atoms with van der Waals surface area (Å²) in [4.78, 5) is 6.27. The third-order valence-corrected chi connectivity index (χ3v) is 2.28. The molecule has 0 N–H and O–H groups in total. The summed E-state index contributed by atoms with van der Waals surface area (Å²) in [6.45, 7) is 3.12. The molecule has 16 heavy (non-hydrogen) atoms. The van der Waals surface area contributed by atoms with Crippen LogP contribution in [0.15, 0.2) is 24.5 Å². The summed E-state index contributed by atoms with van der Waals surface area (Å²) in [5, 5.41) is 8.59. The van der Waals surface area contributed by atoms with Crippen LogP contribution in [0.3, 0.4) is 0 Å². The Labute approximate surface area is 96.5 Å². The van der Waals surface area contributed by atoms with Crippen molar-refractivity contribution >= 4 is 0 Å². The molecule has 0 aliphatic rings. The van der Waals surface area contributed by atoms with Gasteiger partial charge in [-0.3, -0.25) is 9.88 Å². The van der Waals surface area contributed by atoms with Crippen LogP contribution in [0.1, 0.15) is 12.0 Å². The van der Waals surface area contributed by atoms with Crippen LogP contribution >= 0.6 is 0 Å². The number of ether oxygens (including phenoxy) is 1. The highest BCUT2D eigenvalue weighted by Gasteiger charge is 2.05. The quantitative estimate of drug-likeness (QED) is 0.696. The number of pyridine rings is 1. The van der Waals surface area contributed by atoms with Crippen molar-refractivity contribution in [1.82, 2.24) is 9.88 Å². The molecular formula is C12H17N3O. The predicted octanol–water partition coefficient (Wildman–Crippen LogP) is 1.44. The van der Waals surface area contributed by atoms with Gasteiger partial charge < -0.3 is 4.74 Å². The topological polar surface area (TPSA) is 49.1 Å². The molecule has 0 atom stereocenters. The minimum Gasteiger partial charge on any atom is -0.383 e. The van der Waals surface area contributed by atoms with Gasteiger partial charge in [0.1, 0.15) is 0 Å². The SMILES string of the molecule is COCCN(CCC#N)Cc1cccnc1. The number of rotatable bonds is 7. The average molecular weight is 219 g/mol. The van der Waals surface area contributed by atoms with Gasteiger partial charge in [-0.1, -0.05) is 6.07 Å². The van der Waals surface area contributed by atoms with E-state index in [1.54, 1.807) is 13.3 Å². The fourth-order valence-electron chi connectivity index (χ4n) is 1.45. The molecule has 4 heteroatoms. The third kappa shape index (κ3) is 4.87. The van der Waals surface area contributed by atoms with Gasteiger partial charge in [0.05, 0.1) is 12.7 Å². The predicted molar refractivity (Wildman–Crippen MR) is 61.6 cm³/mol. The zero-order chi connectivity index (χ0) is 11.6. The van der Waals surface area contributed by atoms with Gasteiger partial charge in [0.15, 0.2) is 0 Å². The van der Waals surface area contributed by atoms with Gasteiger partial charge in [-0.25, -0.2) is 0 Å². The second-order valence-electron chi connectivity index (χ2n) is 3.54. The standard InChI is InChI=1S/C12H17N3O/c1-16-9-8-15(7-3-5-13)11-12-4-2-6-14-10-12/h2,4,6,10H,3,7-9,11H2,1H3. The molecule has 0 bridgehead atoms. The molecule has 4 nitrogen and oxygen atoms in total. The molecule has 0 aliphatic carbocycles. The van der Waals surface area contributed by atoms with E-state index in [0.717, 1.165) is 25.2 Å². The minimum atomic E-state index is 0.546. The second kappa shape index (κ2) is 7.80. The number of hydrogen-bond donors (Lipinski definition) is 0. The molecule has 1 rings (SSSR count). The van der Waals surface area contributed by atoms with E-state index in [1.165, 1.54) is 0 Å². The Morgan fingerprint density at radius 3 is 3.00 bits per heavy atom. The molecule has 0 radical (unpaired) electrons. The number of aromatic nitrogens is 1. The normalized spacial score (nSPS) is 10.3. The van der Waals surface area contributed by atoms with Crippen LogP contribution < -0.4 is 0 Å². The van der Waals surface area contributed by atoms with Crippen molar-refractivity contribution in [3.8, 4) is 6.07 Å². The molecule has 0 saturated heterocycles. The van der Waals surface area contributed by atoms with Gasteiger partial charge in [-0.05, 0) is 11.6 Å². The van der Waals surface area contributed by atoms with Crippen LogP contribution in [0.5, 0.6) is 0 Å². The number of methoxy groups -OCH3 is 1. The van der Waals surface area contributed by atoms with Crippen LogP contribution in [0, 0.1) is 11.3 Å². The Balaban J connectivity index is 2.46. The van der Waals surface area contributed by atoms with Crippen LogP contribution in [-0.2, 0) is 11.3 Å². The van der Waals surface area contributed by atoms with Crippen LogP contribution in [0.4, 0.5) is 0 Å². The molecule has 0 aliphatic heterocycles. The average Bonchev–Trinajstić information content (AvgIpc) is 2.34. The first kappa shape index (κ1) is 12.6. The fraction of sp³-hybridized carbons (Fsp3) is 0.500. The van der Waals surface area contributed by atoms with E-state index in [9.17, 15) is 0 Å². The Morgan fingerprint density at radius 2 is 2.38 bits per heavy atom. The highest BCUT2D eigenvalue weighted by molar-refractivity contribution is 5.08. The molecule has 0 aromatic carbocycles. The smallest absolute Gasteiger partial charge is 0.0635 e. The summed E-state index contributed by atoms with van der Waals surface area (Å²) in [7, 11) is 1.69. The molecule has 1 aromatic rings. The maximum absolute atomic E-state index is 8.59. The minimum absolute atomic E-state index is 0.546. The van der Waals surface area contributed by atoms with E-state index >= 15 is 0 Å². The number of hydrogen-bond acceptors (Lipinski definition) is 4. The van der Waals surface area contributed by atoms with Gasteiger partial charge >= 0.3 is 0 Å². The molecule has 86 valence electrons. The van der Waals surface area contributed by atoms with Gasteiger partial charge in [0, 0.05) is 45.6 Å². The van der Waals surface area contributed by atoms with Crippen LogP contribution in [0.2, 0.25) is 0 Å². The lowest BCUT2D eigenvalue weighted by molar-refractivity contribution is 0.145. The Kier molecular flexibility index (Phi) is 6.16. The van der Waals surface area contributed by atoms with Crippen molar-refractivity contribution in [3.63, 3.8) is 0 Å². The lowest BCUT2D eigenvalue weighted by Gasteiger charge is -2.20. The first-order valence-electron chi connectivity index (χ1n) is 5.34. The van der Waals surface area contributed by atoms with Crippen LogP contribution in [-0.4, -0.2) is 36.7 Å². The Hall–Kier alpha value is -1.44. The lowest BCUT2D eigenvalue weighted by atomic mass is 10.2. The van der Waals surface area contributed by atoms with Gasteiger partial charge in [0.2, 0.25) is 0 Å². The summed E-state index contributed by atoms with van der Waals surface area (Å²) in [6, 6.07) is 6.13. The first-order valence-corrected chi connectivity index (χ1v) is 5.34. The largest absolute Gasteiger partial charge is 0.383 e. The molecular weight excluding hydrogens is 202 g/mol. The van der Waals surface area contributed by atoms with E-state index in [-0.39, 0.29) is 0 Å². The summed E-state index contributed by atoms with van der Waals surface area (Å²) in [5.41, 5.74) is 1.16. The summed E-state index contributed by atoms with van der Waals surface area (Å²) >= 11 is 0. The first-order chi connectivity index (χ1) is 7.86. The summed E-state index contributed by atoms with van der Waals surface area (Å²) in [5.74, 6) is 0. The molecule has 0 spiro atoms. The lowest BCUT2D eigenvalue weighted by Crippen LogP contribution is -2.28. The van der Waals surface area contributed by atoms with Crippen molar-refractivity contribution in [2.45, 2.75) is 13.0 Å². The van der Waals surface area contributed by atoms with Crippen molar-refractivity contribution in [1.29, 1.82) is 5.26 Å². The van der Waals surface area contributed by atoms with Crippen molar-refractivity contribution in [2.75, 3.05) is 26.8 Å². The highest BCUT2D eigenvalue weighted by Crippen LogP contribution is 2.03. The monoisotopic (exact) mass is 219 g/mol. The van der Waals surface area contributed by atoms with Gasteiger partial charge in [0.25, 0.3) is 0 Å². The molecule has 0 saturated carbocycles. The number of nitrogens with zero attached hydrogens (tertiary/aromatic N) is 3. The highest BCUT2D eigenvalue weighted by atomic mass is 16.5. The number of nitriles is 1. The van der Waals surface area contributed by atoms with E-state index in [1.807, 2.05) is 18.3 Å². The van der Waals surface area contributed by atoms with Crippen molar-refractivity contribution < 1.29 is 4.74 Å². The van der Waals surface area contributed by atoms with E-state index in [2.05, 4.69) is 16.0 Å². The third-order valence-electron chi connectivity index (χ3n) is 2.28. The molecule has 1 heterocycles.